The van der Waals surface area contributed by atoms with Gasteiger partial charge in [0.15, 0.2) is 0 Å². The van der Waals surface area contributed by atoms with E-state index in [4.69, 9.17) is 0 Å². The van der Waals surface area contributed by atoms with Crippen molar-refractivity contribution in [2.75, 3.05) is 13.1 Å². The number of benzene rings is 1. The molecule has 1 aliphatic heterocycles. The lowest BCUT2D eigenvalue weighted by Crippen LogP contribution is -2.51. The van der Waals surface area contributed by atoms with Gasteiger partial charge in [-0.05, 0) is 62.0 Å². The average molecular weight is 562 g/mol. The van der Waals surface area contributed by atoms with Gasteiger partial charge in [0.2, 0.25) is 5.91 Å². The number of aromatic nitrogens is 1. The molecule has 3 fully saturated rings. The third-order valence-corrected chi connectivity index (χ3v) is 9.32. The minimum absolute atomic E-state index is 0.0207. The topological polar surface area (TPSA) is 45.6 Å². The van der Waals surface area contributed by atoms with Crippen LogP contribution in [0.2, 0.25) is 0 Å². The number of pyridine rings is 1. The van der Waals surface area contributed by atoms with E-state index in [1.54, 1.807) is 4.57 Å². The molecule has 0 N–H and O–H groups in total. The number of para-hydroxylation sites is 1. The molecule has 6 heteroatoms. The molecule has 5 rings (SSSR count). The van der Waals surface area contributed by atoms with E-state index >= 15 is 0 Å². The first-order valence-corrected chi connectivity index (χ1v) is 14.0. The molecule has 2 aromatic rings. The standard InChI is InChI=1S/C27H36IN3O2/c1-29-24-10-6-5-9-21(24)15-22(26(29)32)18-31(27(33)20-7-3-2-4-8-20)23-13-14-30(25(28)16-23)17-19-11-12-19/h5-6,9-10,15,19-20,23,25H,2-4,7-8,11-14,16-18H2,1H3. The summed E-state index contributed by atoms with van der Waals surface area (Å²) in [6, 6.07) is 10.3. The van der Waals surface area contributed by atoms with Gasteiger partial charge >= 0.3 is 0 Å². The SMILES string of the molecule is Cn1c(=O)c(CN(C(=O)C2CCCCC2)C2CCN(CC3CC3)C(I)C2)cc2ccccc21. The van der Waals surface area contributed by atoms with Gasteiger partial charge in [0, 0.05) is 37.7 Å². The maximum atomic E-state index is 13.8. The summed E-state index contributed by atoms with van der Waals surface area (Å²) in [5.74, 6) is 1.30. The van der Waals surface area contributed by atoms with Gasteiger partial charge in [-0.25, -0.2) is 0 Å². The highest BCUT2D eigenvalue weighted by Gasteiger charge is 2.37. The Morgan fingerprint density at radius 2 is 1.85 bits per heavy atom. The summed E-state index contributed by atoms with van der Waals surface area (Å²) >= 11 is 2.58. The average Bonchev–Trinajstić information content (AvgIpc) is 3.66. The summed E-state index contributed by atoms with van der Waals surface area (Å²) in [7, 11) is 1.85. The number of carbonyl (C=O) groups excluding carboxylic acids is 1. The minimum atomic E-state index is 0.0207. The van der Waals surface area contributed by atoms with Crippen LogP contribution in [-0.4, -0.2) is 43.5 Å². The number of aryl methyl sites for hydroxylation is 1. The van der Waals surface area contributed by atoms with Gasteiger partial charge in [0.05, 0.1) is 16.1 Å². The second-order valence-corrected chi connectivity index (χ2v) is 11.9. The zero-order chi connectivity index (χ0) is 22.9. The van der Waals surface area contributed by atoms with Crippen LogP contribution in [-0.2, 0) is 18.4 Å². The second kappa shape index (κ2) is 10.1. The van der Waals surface area contributed by atoms with Crippen LogP contribution in [0, 0.1) is 11.8 Å². The smallest absolute Gasteiger partial charge is 0.255 e. The second-order valence-electron chi connectivity index (χ2n) is 10.4. The molecule has 33 heavy (non-hydrogen) atoms. The van der Waals surface area contributed by atoms with Gasteiger partial charge in [0.1, 0.15) is 0 Å². The summed E-state index contributed by atoms with van der Waals surface area (Å²) in [5.41, 5.74) is 1.70. The number of carbonyl (C=O) groups is 1. The van der Waals surface area contributed by atoms with Crippen LogP contribution < -0.4 is 5.56 Å². The van der Waals surface area contributed by atoms with Crippen LogP contribution in [0.4, 0.5) is 0 Å². The molecule has 1 saturated heterocycles. The summed E-state index contributed by atoms with van der Waals surface area (Å²) in [6.07, 6.45) is 10.3. The molecule has 2 saturated carbocycles. The van der Waals surface area contributed by atoms with Gasteiger partial charge in [-0.2, -0.15) is 0 Å². The fourth-order valence-electron chi connectivity index (χ4n) is 5.82. The highest BCUT2D eigenvalue weighted by Crippen LogP contribution is 2.35. The third-order valence-electron chi connectivity index (χ3n) is 8.03. The van der Waals surface area contributed by atoms with Crippen LogP contribution in [0.1, 0.15) is 63.4 Å². The van der Waals surface area contributed by atoms with Crippen molar-refractivity contribution >= 4 is 39.4 Å². The Morgan fingerprint density at radius 3 is 2.58 bits per heavy atom. The predicted octanol–water partition coefficient (Wildman–Crippen LogP) is 5.08. The first-order valence-electron chi connectivity index (χ1n) is 12.8. The van der Waals surface area contributed by atoms with Crippen molar-refractivity contribution in [3.8, 4) is 0 Å². The van der Waals surface area contributed by atoms with Crippen molar-refractivity contribution in [1.29, 1.82) is 0 Å². The Labute approximate surface area is 210 Å². The minimum Gasteiger partial charge on any atom is -0.335 e. The lowest BCUT2D eigenvalue weighted by molar-refractivity contribution is -0.141. The largest absolute Gasteiger partial charge is 0.335 e. The third kappa shape index (κ3) is 5.16. The molecule has 0 radical (unpaired) electrons. The number of hydrogen-bond acceptors (Lipinski definition) is 3. The number of alkyl halides is 1. The maximum Gasteiger partial charge on any atom is 0.255 e. The number of piperidine rings is 1. The molecule has 5 nitrogen and oxygen atoms in total. The summed E-state index contributed by atoms with van der Waals surface area (Å²) < 4.78 is 2.20. The molecule has 1 amide bonds. The van der Waals surface area contributed by atoms with E-state index in [1.807, 2.05) is 31.3 Å². The Hall–Kier alpha value is -1.41. The number of hydrogen-bond donors (Lipinski definition) is 0. The molecule has 3 aliphatic rings. The van der Waals surface area contributed by atoms with E-state index in [0.29, 0.717) is 10.6 Å². The first kappa shape index (κ1) is 23.3. The fourth-order valence-corrected chi connectivity index (χ4v) is 6.92. The van der Waals surface area contributed by atoms with Gasteiger partial charge in [-0.15, -0.1) is 0 Å². The molecule has 0 spiro atoms. The van der Waals surface area contributed by atoms with Crippen molar-refractivity contribution in [2.45, 2.75) is 74.4 Å². The molecule has 2 unspecified atom stereocenters. The van der Waals surface area contributed by atoms with Crippen molar-refractivity contribution < 1.29 is 4.79 Å². The molecule has 2 aliphatic carbocycles. The molecule has 1 aromatic carbocycles. The molecule has 2 heterocycles. The van der Waals surface area contributed by atoms with E-state index in [0.717, 1.165) is 67.5 Å². The zero-order valence-electron chi connectivity index (χ0n) is 19.7. The van der Waals surface area contributed by atoms with Crippen LogP contribution in [0.25, 0.3) is 10.9 Å². The Morgan fingerprint density at radius 1 is 1.09 bits per heavy atom. The molecule has 2 atom stereocenters. The Kier molecular flexibility index (Phi) is 7.12. The maximum absolute atomic E-state index is 13.8. The highest BCUT2D eigenvalue weighted by atomic mass is 127. The first-order chi connectivity index (χ1) is 16.0. The predicted molar refractivity (Wildman–Crippen MR) is 141 cm³/mol. The van der Waals surface area contributed by atoms with Crippen LogP contribution in [0.3, 0.4) is 0 Å². The molecular weight excluding hydrogens is 525 g/mol. The van der Waals surface area contributed by atoms with E-state index in [-0.39, 0.29) is 23.4 Å². The number of likely N-dealkylation sites (tertiary alicyclic amines) is 1. The van der Waals surface area contributed by atoms with Crippen LogP contribution in [0.15, 0.2) is 35.1 Å². The summed E-state index contributed by atoms with van der Waals surface area (Å²) in [4.78, 5) is 31.8. The number of halogens is 1. The number of amides is 1. The van der Waals surface area contributed by atoms with E-state index in [9.17, 15) is 9.59 Å². The number of rotatable bonds is 6. The molecular formula is C27H36IN3O2. The van der Waals surface area contributed by atoms with Crippen molar-refractivity contribution in [2.24, 2.45) is 18.9 Å². The lowest BCUT2D eigenvalue weighted by atomic mass is 9.87. The highest BCUT2D eigenvalue weighted by molar-refractivity contribution is 14.1. The van der Waals surface area contributed by atoms with E-state index in [2.05, 4.69) is 38.5 Å². The molecule has 178 valence electrons. The molecule has 1 aromatic heterocycles. The fraction of sp³-hybridized carbons (Fsp3) is 0.630. The Bertz CT molecular complexity index is 1060. The zero-order valence-corrected chi connectivity index (χ0v) is 21.9. The lowest BCUT2D eigenvalue weighted by Gasteiger charge is -2.43. The number of fused-ring (bicyclic) bond motifs is 1. The van der Waals surface area contributed by atoms with Gasteiger partial charge < -0.3 is 9.47 Å². The monoisotopic (exact) mass is 561 g/mol. The van der Waals surface area contributed by atoms with Crippen molar-refractivity contribution in [1.82, 2.24) is 14.4 Å². The Balaban J connectivity index is 1.42. The van der Waals surface area contributed by atoms with Crippen molar-refractivity contribution in [3.05, 3.63) is 46.2 Å². The quantitative estimate of drug-likeness (QED) is 0.281. The normalized spacial score (nSPS) is 24.8. The van der Waals surface area contributed by atoms with Gasteiger partial charge in [-0.1, -0.05) is 60.1 Å². The van der Waals surface area contributed by atoms with Crippen LogP contribution in [0.5, 0.6) is 0 Å². The van der Waals surface area contributed by atoms with Crippen molar-refractivity contribution in [3.63, 3.8) is 0 Å². The molecule has 0 bridgehead atoms. The summed E-state index contributed by atoms with van der Waals surface area (Å²) in [6.45, 7) is 2.70. The number of nitrogens with zero attached hydrogens (tertiary/aromatic N) is 3. The summed E-state index contributed by atoms with van der Waals surface area (Å²) in [5, 5.41) is 1.06. The van der Waals surface area contributed by atoms with E-state index < -0.39 is 0 Å². The van der Waals surface area contributed by atoms with Gasteiger partial charge in [-0.3, -0.25) is 14.5 Å². The van der Waals surface area contributed by atoms with Gasteiger partial charge in [0.25, 0.3) is 5.56 Å². The van der Waals surface area contributed by atoms with E-state index in [1.165, 1.54) is 25.8 Å². The van der Waals surface area contributed by atoms with Crippen LogP contribution >= 0.6 is 22.6 Å².